The Balaban J connectivity index is 1.31. The van der Waals surface area contributed by atoms with Gasteiger partial charge >= 0.3 is 0 Å². The van der Waals surface area contributed by atoms with Gasteiger partial charge in [-0.3, -0.25) is 4.90 Å². The fourth-order valence-corrected chi connectivity index (χ4v) is 6.60. The van der Waals surface area contributed by atoms with Gasteiger partial charge in [0.25, 0.3) is 5.95 Å². The highest BCUT2D eigenvalue weighted by Gasteiger charge is 2.26. The highest BCUT2D eigenvalue weighted by atomic mass is 32.2. The number of morpholine rings is 1. The van der Waals surface area contributed by atoms with Crippen LogP contribution in [0.3, 0.4) is 0 Å². The van der Waals surface area contributed by atoms with Crippen LogP contribution in [0.5, 0.6) is 0 Å². The number of rotatable bonds is 6. The first-order chi connectivity index (χ1) is 18.3. The van der Waals surface area contributed by atoms with Gasteiger partial charge in [-0.05, 0) is 19.1 Å². The third-order valence-electron chi connectivity index (χ3n) is 6.85. The van der Waals surface area contributed by atoms with Gasteiger partial charge in [-0.15, -0.1) is 0 Å². The first-order valence-electron chi connectivity index (χ1n) is 12.6. The maximum Gasteiger partial charge on any atom is 0.254 e. The van der Waals surface area contributed by atoms with Crippen LogP contribution >= 0.6 is 11.3 Å². The molecule has 0 unspecified atom stereocenters. The molecule has 3 aromatic heterocycles. The Morgan fingerprint density at radius 2 is 1.79 bits per heavy atom. The molecule has 0 saturated carbocycles. The fraction of sp³-hybridized carbons (Fsp3) is 0.440. The Kier molecular flexibility index (Phi) is 6.86. The van der Waals surface area contributed by atoms with Crippen LogP contribution in [0.15, 0.2) is 36.5 Å². The van der Waals surface area contributed by atoms with Crippen molar-refractivity contribution in [1.82, 2.24) is 33.9 Å². The van der Waals surface area contributed by atoms with Gasteiger partial charge in [-0.25, -0.2) is 18.1 Å². The van der Waals surface area contributed by atoms with Gasteiger partial charge in [0.1, 0.15) is 10.5 Å². The van der Waals surface area contributed by atoms with Gasteiger partial charge in [0.05, 0.1) is 31.7 Å². The van der Waals surface area contributed by atoms with Crippen molar-refractivity contribution in [3.63, 3.8) is 0 Å². The zero-order valence-electron chi connectivity index (χ0n) is 21.4. The Labute approximate surface area is 225 Å². The van der Waals surface area contributed by atoms with Crippen LogP contribution in [0.1, 0.15) is 10.6 Å². The van der Waals surface area contributed by atoms with E-state index in [0.717, 1.165) is 45.5 Å². The molecule has 200 valence electrons. The summed E-state index contributed by atoms with van der Waals surface area (Å²) in [5, 5.41) is 5.72. The Bertz CT molecular complexity index is 1550. The summed E-state index contributed by atoms with van der Waals surface area (Å²) in [6.45, 7) is 7.80. The molecule has 6 rings (SSSR count). The van der Waals surface area contributed by atoms with Gasteiger partial charge < -0.3 is 9.64 Å². The molecule has 2 aliphatic rings. The normalized spacial score (nSPS) is 17.9. The maximum absolute atomic E-state index is 11.9. The SMILES string of the molecule is Cc1cccc(-c2ccn(-c3nc(N4CCOCC4)c4nc(CN5CCN(S(C)(=O)=O)CC5)sc4n3)n2)c1. The lowest BCUT2D eigenvalue weighted by Gasteiger charge is -2.32. The van der Waals surface area contributed by atoms with Crippen LogP contribution in [0.2, 0.25) is 0 Å². The minimum absolute atomic E-state index is 0.495. The Hall–Kier alpha value is -2.97. The molecule has 1 aromatic carbocycles. The smallest absolute Gasteiger partial charge is 0.254 e. The van der Waals surface area contributed by atoms with E-state index in [1.165, 1.54) is 16.1 Å². The molecule has 0 N–H and O–H groups in total. The summed E-state index contributed by atoms with van der Waals surface area (Å²) in [7, 11) is -3.16. The van der Waals surface area contributed by atoms with Gasteiger partial charge in [0, 0.05) is 51.0 Å². The quantitative estimate of drug-likeness (QED) is 0.354. The molecule has 2 fully saturated rings. The zero-order chi connectivity index (χ0) is 26.3. The summed E-state index contributed by atoms with van der Waals surface area (Å²) < 4.78 is 32.6. The van der Waals surface area contributed by atoms with E-state index in [1.54, 1.807) is 16.0 Å². The third kappa shape index (κ3) is 5.29. The van der Waals surface area contributed by atoms with Crippen molar-refractivity contribution in [2.45, 2.75) is 13.5 Å². The van der Waals surface area contributed by atoms with Crippen molar-refractivity contribution in [3.8, 4) is 17.2 Å². The van der Waals surface area contributed by atoms with E-state index in [2.05, 4.69) is 28.9 Å². The summed E-state index contributed by atoms with van der Waals surface area (Å²) in [6, 6.07) is 10.2. The number of aryl methyl sites for hydroxylation is 1. The van der Waals surface area contributed by atoms with Crippen molar-refractivity contribution in [2.24, 2.45) is 0 Å². The van der Waals surface area contributed by atoms with Gasteiger partial charge in [-0.1, -0.05) is 35.1 Å². The Morgan fingerprint density at radius 3 is 2.53 bits per heavy atom. The summed E-state index contributed by atoms with van der Waals surface area (Å²) in [5.74, 6) is 1.31. The molecule has 38 heavy (non-hydrogen) atoms. The highest BCUT2D eigenvalue weighted by molar-refractivity contribution is 7.88. The van der Waals surface area contributed by atoms with E-state index in [0.29, 0.717) is 51.9 Å². The molecule has 4 aromatic rings. The van der Waals surface area contributed by atoms with E-state index in [4.69, 9.17) is 24.8 Å². The van der Waals surface area contributed by atoms with E-state index < -0.39 is 10.0 Å². The lowest BCUT2D eigenvalue weighted by Crippen LogP contribution is -2.47. The molecule has 11 nitrogen and oxygen atoms in total. The molecule has 2 saturated heterocycles. The van der Waals surface area contributed by atoms with Crippen LogP contribution in [-0.2, 0) is 21.3 Å². The molecular weight excluding hydrogens is 524 g/mol. The lowest BCUT2D eigenvalue weighted by molar-refractivity contribution is 0.122. The minimum Gasteiger partial charge on any atom is -0.378 e. The van der Waals surface area contributed by atoms with Gasteiger partial charge in [0.15, 0.2) is 10.6 Å². The second-order valence-corrected chi connectivity index (χ2v) is 12.7. The highest BCUT2D eigenvalue weighted by Crippen LogP contribution is 2.30. The number of piperazine rings is 1. The zero-order valence-corrected chi connectivity index (χ0v) is 23.1. The maximum atomic E-state index is 11.9. The number of hydrogen-bond acceptors (Lipinski definition) is 10. The number of anilines is 1. The molecule has 0 amide bonds. The molecule has 0 bridgehead atoms. The number of nitrogens with zero attached hydrogens (tertiary/aromatic N) is 8. The number of thiazole rings is 1. The number of aromatic nitrogens is 5. The Morgan fingerprint density at radius 1 is 1.00 bits per heavy atom. The summed E-state index contributed by atoms with van der Waals surface area (Å²) >= 11 is 1.55. The molecule has 0 radical (unpaired) electrons. The monoisotopic (exact) mass is 554 g/mol. The lowest BCUT2D eigenvalue weighted by atomic mass is 10.1. The second kappa shape index (κ2) is 10.3. The third-order valence-corrected chi connectivity index (χ3v) is 9.09. The van der Waals surface area contributed by atoms with Crippen LogP contribution in [0, 0.1) is 6.92 Å². The average Bonchev–Trinajstić information content (AvgIpc) is 3.56. The van der Waals surface area contributed by atoms with Crippen LogP contribution in [-0.4, -0.2) is 101 Å². The largest absolute Gasteiger partial charge is 0.378 e. The van der Waals surface area contributed by atoms with Crippen molar-refractivity contribution in [3.05, 3.63) is 47.1 Å². The fourth-order valence-electron chi connectivity index (χ4n) is 4.81. The molecule has 0 spiro atoms. The summed E-state index contributed by atoms with van der Waals surface area (Å²) in [6.07, 6.45) is 3.16. The standard InChI is InChI=1S/C25H30N8O3S2/c1-18-4-3-5-19(16-18)20-6-7-33(29-20)25-27-23(31-12-14-36-15-13-31)22-24(28-25)37-21(26-22)17-30-8-10-32(11-9-30)38(2,34)35/h3-7,16H,8-15,17H2,1-2H3. The summed E-state index contributed by atoms with van der Waals surface area (Å²) in [4.78, 5) is 20.0. The molecular formula is C25H30N8O3S2. The van der Waals surface area contributed by atoms with E-state index in [-0.39, 0.29) is 0 Å². The molecule has 2 aliphatic heterocycles. The second-order valence-electron chi connectivity index (χ2n) is 9.66. The van der Waals surface area contributed by atoms with Crippen LogP contribution in [0.25, 0.3) is 27.6 Å². The van der Waals surface area contributed by atoms with Crippen molar-refractivity contribution in [1.29, 1.82) is 0 Å². The van der Waals surface area contributed by atoms with Crippen molar-refractivity contribution >= 4 is 37.5 Å². The van der Waals surface area contributed by atoms with Gasteiger partial charge in [0.2, 0.25) is 10.0 Å². The first-order valence-corrected chi connectivity index (χ1v) is 15.3. The van der Waals surface area contributed by atoms with Crippen LogP contribution < -0.4 is 4.90 Å². The predicted molar refractivity (Wildman–Crippen MR) is 147 cm³/mol. The number of ether oxygens (including phenoxy) is 1. The average molecular weight is 555 g/mol. The van der Waals surface area contributed by atoms with E-state index in [9.17, 15) is 8.42 Å². The molecule has 5 heterocycles. The molecule has 0 atom stereocenters. The van der Waals surface area contributed by atoms with E-state index >= 15 is 0 Å². The predicted octanol–water partition coefficient (Wildman–Crippen LogP) is 2.16. The number of sulfonamides is 1. The van der Waals surface area contributed by atoms with Gasteiger partial charge in [-0.2, -0.15) is 19.4 Å². The summed E-state index contributed by atoms with van der Waals surface area (Å²) in [5.41, 5.74) is 3.88. The topological polar surface area (TPSA) is 110 Å². The number of hydrogen-bond donors (Lipinski definition) is 0. The minimum atomic E-state index is -3.16. The molecule has 0 aliphatic carbocycles. The van der Waals surface area contributed by atoms with E-state index in [1.807, 2.05) is 24.4 Å². The number of fused-ring (bicyclic) bond motifs is 1. The number of benzene rings is 1. The van der Waals surface area contributed by atoms with Crippen molar-refractivity contribution in [2.75, 3.05) is 63.6 Å². The molecule has 13 heteroatoms. The first kappa shape index (κ1) is 25.3. The van der Waals surface area contributed by atoms with Crippen LogP contribution in [0.4, 0.5) is 5.82 Å². The van der Waals surface area contributed by atoms with Crippen molar-refractivity contribution < 1.29 is 13.2 Å².